The molecule has 0 radical (unpaired) electrons. The number of nitrogens with one attached hydrogen (secondary N) is 2. The van der Waals surface area contributed by atoms with Crippen molar-refractivity contribution in [2.45, 2.75) is 25.7 Å². The van der Waals surface area contributed by atoms with Crippen molar-refractivity contribution in [3.8, 4) is 0 Å². The highest BCUT2D eigenvalue weighted by Gasteiger charge is 2.20. The van der Waals surface area contributed by atoms with E-state index >= 15 is 0 Å². The normalized spacial score (nSPS) is 36.0. The molecule has 0 amide bonds. The average Bonchev–Trinajstić information content (AvgIpc) is 2.21. The fourth-order valence-corrected chi connectivity index (χ4v) is 1.37. The van der Waals surface area contributed by atoms with Crippen molar-refractivity contribution in [1.82, 2.24) is 10.6 Å². The highest BCUT2D eigenvalue weighted by atomic mass is 16.8. The van der Waals surface area contributed by atoms with Gasteiger partial charge >= 0.3 is 0 Å². The lowest BCUT2D eigenvalue weighted by atomic mass is 10.4. The van der Waals surface area contributed by atoms with Crippen LogP contribution >= 0.6 is 0 Å². The largest absolute Gasteiger partial charge is 0.340 e. The fraction of sp³-hybridized carbons (Fsp3) is 1.00. The molecule has 2 atom stereocenters. The Hall–Kier alpha value is -0.200. The molecule has 2 fully saturated rings. The summed E-state index contributed by atoms with van der Waals surface area (Å²) in [7, 11) is 0. The van der Waals surface area contributed by atoms with Gasteiger partial charge in [-0.15, -0.1) is 0 Å². The first-order chi connectivity index (χ1) is 6.45. The summed E-state index contributed by atoms with van der Waals surface area (Å²) in [6, 6.07) is 0. The van der Waals surface area contributed by atoms with E-state index in [1.54, 1.807) is 0 Å². The predicted molar refractivity (Wildman–Crippen MR) is 45.8 cm³/mol. The Morgan fingerprint density at radius 3 is 1.85 bits per heavy atom. The Morgan fingerprint density at radius 2 is 1.46 bits per heavy atom. The topological polar surface area (TPSA) is 51.8 Å². The molecule has 2 aliphatic rings. The molecule has 0 aromatic carbocycles. The van der Waals surface area contributed by atoms with E-state index in [9.17, 15) is 0 Å². The summed E-state index contributed by atoms with van der Waals surface area (Å²) in [5.41, 5.74) is 0. The molecule has 0 saturated carbocycles. The zero-order chi connectivity index (χ0) is 8.93. The van der Waals surface area contributed by atoms with Gasteiger partial charge in [0.05, 0.1) is 13.2 Å². The lowest BCUT2D eigenvalue weighted by molar-refractivity contribution is -0.280. The van der Waals surface area contributed by atoms with Crippen LogP contribution in [0.4, 0.5) is 0 Å². The molecule has 76 valence electrons. The summed E-state index contributed by atoms with van der Waals surface area (Å²) >= 11 is 0. The summed E-state index contributed by atoms with van der Waals surface area (Å²) in [6.45, 7) is 3.39. The lowest BCUT2D eigenvalue weighted by Gasteiger charge is -2.30. The third kappa shape index (κ3) is 2.89. The van der Waals surface area contributed by atoms with Gasteiger partial charge in [-0.05, 0) is 12.8 Å². The standard InChI is InChI=1S/C8H16N2O3/c1-3-9-7(11-5-1)13-8-10-4-2-6-12-8/h7-10H,1-6H2. The molecule has 0 spiro atoms. The first-order valence-corrected chi connectivity index (χ1v) is 4.80. The molecule has 2 rings (SSSR count). The molecular formula is C8H16N2O3. The number of rotatable bonds is 2. The minimum atomic E-state index is -0.315. The molecule has 13 heavy (non-hydrogen) atoms. The minimum absolute atomic E-state index is 0.315. The Bertz CT molecular complexity index is 128. The zero-order valence-electron chi connectivity index (χ0n) is 7.62. The van der Waals surface area contributed by atoms with Crippen LogP contribution in [0.1, 0.15) is 12.8 Å². The summed E-state index contributed by atoms with van der Waals surface area (Å²) in [6.07, 6.45) is 1.45. The minimum Gasteiger partial charge on any atom is -0.340 e. The summed E-state index contributed by atoms with van der Waals surface area (Å²) in [5.74, 6) is 0. The van der Waals surface area contributed by atoms with Gasteiger partial charge in [-0.1, -0.05) is 0 Å². The van der Waals surface area contributed by atoms with Crippen LogP contribution in [0.3, 0.4) is 0 Å². The maximum absolute atomic E-state index is 5.47. The first-order valence-electron chi connectivity index (χ1n) is 4.80. The zero-order valence-corrected chi connectivity index (χ0v) is 7.62. The van der Waals surface area contributed by atoms with Crippen molar-refractivity contribution < 1.29 is 14.2 Å². The van der Waals surface area contributed by atoms with Gasteiger partial charge in [0.15, 0.2) is 0 Å². The van der Waals surface area contributed by atoms with E-state index in [4.69, 9.17) is 14.2 Å². The highest BCUT2D eigenvalue weighted by Crippen LogP contribution is 2.05. The monoisotopic (exact) mass is 188 g/mol. The second-order valence-electron chi connectivity index (χ2n) is 3.16. The second-order valence-corrected chi connectivity index (χ2v) is 3.16. The van der Waals surface area contributed by atoms with Crippen molar-refractivity contribution in [1.29, 1.82) is 0 Å². The third-order valence-corrected chi connectivity index (χ3v) is 2.05. The van der Waals surface area contributed by atoms with Gasteiger partial charge in [0.25, 0.3) is 0 Å². The van der Waals surface area contributed by atoms with Gasteiger partial charge in [-0.3, -0.25) is 15.4 Å². The number of hydrogen-bond acceptors (Lipinski definition) is 5. The van der Waals surface area contributed by atoms with Crippen LogP contribution in [0.15, 0.2) is 0 Å². The SMILES string of the molecule is C1CNC(OC2NCCCO2)OC1. The molecule has 0 aromatic rings. The van der Waals surface area contributed by atoms with Gasteiger partial charge in [-0.2, -0.15) is 0 Å². The van der Waals surface area contributed by atoms with E-state index < -0.39 is 0 Å². The Labute approximate surface area is 77.7 Å². The Balaban J connectivity index is 1.69. The summed E-state index contributed by atoms with van der Waals surface area (Å²) in [5, 5.41) is 6.20. The quantitative estimate of drug-likeness (QED) is 0.617. The summed E-state index contributed by atoms with van der Waals surface area (Å²) in [4.78, 5) is 0. The molecule has 2 heterocycles. The predicted octanol–water partition coefficient (Wildman–Crippen LogP) is -0.410. The van der Waals surface area contributed by atoms with E-state index in [0.29, 0.717) is 0 Å². The third-order valence-electron chi connectivity index (χ3n) is 2.05. The van der Waals surface area contributed by atoms with Crippen molar-refractivity contribution in [2.75, 3.05) is 26.3 Å². The molecule has 2 N–H and O–H groups in total. The molecule has 0 aromatic heterocycles. The van der Waals surface area contributed by atoms with E-state index in [2.05, 4.69) is 10.6 Å². The van der Waals surface area contributed by atoms with Crippen LogP contribution in [0.25, 0.3) is 0 Å². The Kier molecular flexibility index (Phi) is 3.51. The smallest absolute Gasteiger partial charge is 0.219 e. The molecule has 5 nitrogen and oxygen atoms in total. The van der Waals surface area contributed by atoms with Gasteiger partial charge < -0.3 is 9.47 Å². The number of hydrogen-bond donors (Lipinski definition) is 2. The molecular weight excluding hydrogens is 172 g/mol. The Morgan fingerprint density at radius 1 is 0.923 bits per heavy atom. The van der Waals surface area contributed by atoms with Gasteiger partial charge in [0.2, 0.25) is 12.8 Å². The van der Waals surface area contributed by atoms with E-state index in [0.717, 1.165) is 39.1 Å². The van der Waals surface area contributed by atoms with Gasteiger partial charge in [0.1, 0.15) is 0 Å². The van der Waals surface area contributed by atoms with Gasteiger partial charge in [-0.25, -0.2) is 0 Å². The van der Waals surface area contributed by atoms with Crippen molar-refractivity contribution in [3.05, 3.63) is 0 Å². The summed E-state index contributed by atoms with van der Waals surface area (Å²) < 4.78 is 16.1. The van der Waals surface area contributed by atoms with Crippen LogP contribution in [0, 0.1) is 0 Å². The van der Waals surface area contributed by atoms with E-state index in [1.807, 2.05) is 0 Å². The molecule has 0 bridgehead atoms. The highest BCUT2D eigenvalue weighted by molar-refractivity contribution is 4.57. The molecule has 2 aliphatic heterocycles. The maximum atomic E-state index is 5.47. The van der Waals surface area contributed by atoms with Crippen LogP contribution in [-0.2, 0) is 14.2 Å². The fourth-order valence-electron chi connectivity index (χ4n) is 1.37. The van der Waals surface area contributed by atoms with Crippen LogP contribution in [0.2, 0.25) is 0 Å². The first kappa shape index (κ1) is 9.36. The van der Waals surface area contributed by atoms with E-state index in [-0.39, 0.29) is 12.8 Å². The van der Waals surface area contributed by atoms with Crippen molar-refractivity contribution in [2.24, 2.45) is 0 Å². The molecule has 5 heteroatoms. The van der Waals surface area contributed by atoms with E-state index in [1.165, 1.54) is 0 Å². The molecule has 0 aliphatic carbocycles. The van der Waals surface area contributed by atoms with Crippen molar-refractivity contribution in [3.63, 3.8) is 0 Å². The van der Waals surface area contributed by atoms with Gasteiger partial charge in [0, 0.05) is 13.1 Å². The van der Waals surface area contributed by atoms with Crippen molar-refractivity contribution >= 4 is 0 Å². The number of ether oxygens (including phenoxy) is 3. The molecule has 2 unspecified atom stereocenters. The van der Waals surface area contributed by atoms with Crippen LogP contribution < -0.4 is 10.6 Å². The van der Waals surface area contributed by atoms with Crippen LogP contribution in [0.5, 0.6) is 0 Å². The average molecular weight is 188 g/mol. The second kappa shape index (κ2) is 4.88. The lowest BCUT2D eigenvalue weighted by Crippen LogP contribution is -2.48. The van der Waals surface area contributed by atoms with Crippen LogP contribution in [-0.4, -0.2) is 39.1 Å². The molecule has 2 saturated heterocycles. The maximum Gasteiger partial charge on any atom is 0.219 e.